The topological polar surface area (TPSA) is 29.1 Å². The molecule has 0 aliphatic heterocycles. The summed E-state index contributed by atoms with van der Waals surface area (Å²) in [5.41, 5.74) is 1.98. The molecule has 0 atom stereocenters. The second-order valence-electron chi connectivity index (χ2n) is 4.29. The molecule has 0 aliphatic carbocycles. The van der Waals surface area contributed by atoms with Crippen molar-refractivity contribution in [3.8, 4) is 0 Å². The van der Waals surface area contributed by atoms with Crippen LogP contribution in [-0.4, -0.2) is 13.0 Å². The van der Waals surface area contributed by atoms with Gasteiger partial charge in [-0.3, -0.25) is 4.79 Å². The van der Waals surface area contributed by atoms with Crippen molar-refractivity contribution in [3.05, 3.63) is 42.3 Å². The van der Waals surface area contributed by atoms with Crippen molar-refractivity contribution < 1.29 is 4.79 Å². The van der Waals surface area contributed by atoms with Crippen LogP contribution in [0.15, 0.2) is 24.3 Å². The molecule has 0 saturated heterocycles. The van der Waals surface area contributed by atoms with Crippen molar-refractivity contribution in [1.29, 1.82) is 0 Å². The average molecular weight is 204 g/mol. The second kappa shape index (κ2) is 4.47. The van der Waals surface area contributed by atoms with Crippen LogP contribution in [0.3, 0.4) is 0 Å². The first-order valence-electron chi connectivity index (χ1n) is 5.13. The van der Waals surface area contributed by atoms with Gasteiger partial charge in [-0.05, 0) is 29.5 Å². The van der Waals surface area contributed by atoms with Gasteiger partial charge in [-0.15, -0.1) is 0 Å². The lowest BCUT2D eigenvalue weighted by Gasteiger charge is -2.23. The number of benzene rings is 1. The molecule has 0 bridgehead atoms. The molecule has 1 N–H and O–H groups in total. The largest absolute Gasteiger partial charge is 0.355 e. The van der Waals surface area contributed by atoms with Crippen LogP contribution in [0.25, 0.3) is 0 Å². The summed E-state index contributed by atoms with van der Waals surface area (Å²) in [4.78, 5) is 11.3. The Morgan fingerprint density at radius 2 is 1.87 bits per heavy atom. The minimum atomic E-state index is -0.0472. The van der Waals surface area contributed by atoms with Crippen molar-refractivity contribution in [2.45, 2.75) is 25.7 Å². The number of hydrogen-bond acceptors (Lipinski definition) is 1. The molecule has 0 fully saturated rings. The molecule has 0 heterocycles. The number of rotatable bonds is 3. The highest BCUT2D eigenvalue weighted by atomic mass is 16.1. The lowest BCUT2D eigenvalue weighted by molar-refractivity contribution is 0.0963. The van der Waals surface area contributed by atoms with Crippen molar-refractivity contribution >= 4 is 5.91 Å². The Morgan fingerprint density at radius 3 is 2.27 bits per heavy atom. The summed E-state index contributed by atoms with van der Waals surface area (Å²) in [5.74, 6) is -0.0472. The Hall–Kier alpha value is -1.31. The van der Waals surface area contributed by atoms with E-state index in [0.717, 1.165) is 6.42 Å². The fourth-order valence-corrected chi connectivity index (χ4v) is 1.36. The molecule has 0 spiro atoms. The summed E-state index contributed by atoms with van der Waals surface area (Å²) in [6, 6.07) is 7.70. The summed E-state index contributed by atoms with van der Waals surface area (Å²) in [6.07, 6.45) is 0.840. The predicted octanol–water partition coefficient (Wildman–Crippen LogP) is 2.55. The fourth-order valence-electron chi connectivity index (χ4n) is 1.36. The molecule has 81 valence electrons. The van der Waals surface area contributed by atoms with E-state index >= 15 is 0 Å². The van der Waals surface area contributed by atoms with E-state index in [1.807, 2.05) is 24.3 Å². The highest BCUT2D eigenvalue weighted by Crippen LogP contribution is 2.26. The van der Waals surface area contributed by atoms with Gasteiger partial charge in [0.15, 0.2) is 0 Å². The van der Waals surface area contributed by atoms with Gasteiger partial charge in [0.05, 0.1) is 0 Å². The van der Waals surface area contributed by atoms with Crippen LogP contribution in [0.2, 0.25) is 0 Å². The van der Waals surface area contributed by atoms with Gasteiger partial charge in [0.2, 0.25) is 0 Å². The van der Waals surface area contributed by atoms with Crippen molar-refractivity contribution in [3.63, 3.8) is 0 Å². The molecule has 0 aliphatic rings. The normalized spacial score (nSPS) is 11.2. The Balaban J connectivity index is 2.95. The standard InChI is InChI=1S/C13H18NO/c1-5-13(2,3)11-8-6-10(7-9-11)12(15)14-4/h6-9H,1,5H2,2-4H3,(H,14,15). The number of carbonyl (C=O) groups excluding carboxylic acids is 1. The van der Waals surface area contributed by atoms with E-state index in [0.29, 0.717) is 5.56 Å². The maximum Gasteiger partial charge on any atom is 0.251 e. The van der Waals surface area contributed by atoms with Gasteiger partial charge in [-0.25, -0.2) is 0 Å². The van der Waals surface area contributed by atoms with Gasteiger partial charge in [-0.1, -0.05) is 32.9 Å². The van der Waals surface area contributed by atoms with Gasteiger partial charge in [0.1, 0.15) is 0 Å². The molecule has 1 aromatic carbocycles. The molecule has 2 heteroatoms. The van der Waals surface area contributed by atoms with Gasteiger partial charge in [0.25, 0.3) is 5.91 Å². The number of amides is 1. The summed E-state index contributed by atoms with van der Waals surface area (Å²) < 4.78 is 0. The number of carbonyl (C=O) groups is 1. The van der Waals surface area contributed by atoms with Crippen LogP contribution < -0.4 is 5.32 Å². The van der Waals surface area contributed by atoms with E-state index in [2.05, 4.69) is 26.1 Å². The van der Waals surface area contributed by atoms with Crippen molar-refractivity contribution in [2.75, 3.05) is 7.05 Å². The van der Waals surface area contributed by atoms with Crippen LogP contribution in [0.5, 0.6) is 0 Å². The lowest BCUT2D eigenvalue weighted by Crippen LogP contribution is -2.19. The average Bonchev–Trinajstić information content (AvgIpc) is 2.28. The van der Waals surface area contributed by atoms with Gasteiger partial charge in [-0.2, -0.15) is 0 Å². The van der Waals surface area contributed by atoms with Crippen LogP contribution in [0.1, 0.15) is 36.2 Å². The zero-order valence-corrected chi connectivity index (χ0v) is 9.63. The Bertz CT molecular complexity index is 338. The highest BCUT2D eigenvalue weighted by Gasteiger charge is 2.17. The van der Waals surface area contributed by atoms with Crippen LogP contribution in [0, 0.1) is 6.92 Å². The van der Waals surface area contributed by atoms with Crippen LogP contribution in [-0.2, 0) is 5.41 Å². The molecule has 2 nitrogen and oxygen atoms in total. The minimum Gasteiger partial charge on any atom is -0.355 e. The molecule has 1 aromatic rings. The zero-order chi connectivity index (χ0) is 11.5. The van der Waals surface area contributed by atoms with Gasteiger partial charge >= 0.3 is 0 Å². The molecule has 0 unspecified atom stereocenters. The van der Waals surface area contributed by atoms with Gasteiger partial charge < -0.3 is 5.32 Å². The summed E-state index contributed by atoms with van der Waals surface area (Å²) in [6.45, 7) is 8.22. The monoisotopic (exact) mass is 204 g/mol. The van der Waals surface area contributed by atoms with Crippen LogP contribution >= 0.6 is 0 Å². The molecule has 0 saturated carbocycles. The van der Waals surface area contributed by atoms with E-state index in [4.69, 9.17) is 0 Å². The number of nitrogens with one attached hydrogen (secondary N) is 1. The fraction of sp³-hybridized carbons (Fsp3) is 0.385. The maximum atomic E-state index is 11.3. The quantitative estimate of drug-likeness (QED) is 0.805. The van der Waals surface area contributed by atoms with Gasteiger partial charge in [0, 0.05) is 12.6 Å². The zero-order valence-electron chi connectivity index (χ0n) is 9.63. The first kappa shape index (κ1) is 11.8. The smallest absolute Gasteiger partial charge is 0.251 e. The Morgan fingerprint density at radius 1 is 1.33 bits per heavy atom. The summed E-state index contributed by atoms with van der Waals surface area (Å²) in [5, 5.41) is 2.60. The third-order valence-corrected chi connectivity index (χ3v) is 2.78. The SMILES string of the molecule is [CH2]CC(C)(C)c1ccc(C(=O)NC)cc1. The molecule has 15 heavy (non-hydrogen) atoms. The van der Waals surface area contributed by atoms with E-state index in [1.54, 1.807) is 7.05 Å². The van der Waals surface area contributed by atoms with Crippen molar-refractivity contribution in [2.24, 2.45) is 0 Å². The Labute approximate surface area is 91.7 Å². The third-order valence-electron chi connectivity index (χ3n) is 2.78. The molecule has 0 aromatic heterocycles. The first-order chi connectivity index (χ1) is 7.01. The molecule has 1 rings (SSSR count). The van der Waals surface area contributed by atoms with E-state index in [1.165, 1.54) is 5.56 Å². The maximum absolute atomic E-state index is 11.3. The van der Waals surface area contributed by atoms with Crippen molar-refractivity contribution in [1.82, 2.24) is 5.32 Å². The molecule has 1 radical (unpaired) electrons. The first-order valence-corrected chi connectivity index (χ1v) is 5.13. The minimum absolute atomic E-state index is 0.0472. The van der Waals surface area contributed by atoms with Crippen LogP contribution in [0.4, 0.5) is 0 Å². The number of hydrogen-bond donors (Lipinski definition) is 1. The predicted molar refractivity (Wildman–Crippen MR) is 62.8 cm³/mol. The van der Waals surface area contributed by atoms with E-state index < -0.39 is 0 Å². The summed E-state index contributed by atoms with van der Waals surface area (Å²) >= 11 is 0. The molecular formula is C13H18NO. The van der Waals surface area contributed by atoms with E-state index in [-0.39, 0.29) is 11.3 Å². The second-order valence-corrected chi connectivity index (χ2v) is 4.29. The highest BCUT2D eigenvalue weighted by molar-refractivity contribution is 5.93. The molecular weight excluding hydrogens is 186 g/mol. The molecule has 1 amide bonds. The third kappa shape index (κ3) is 2.58. The lowest BCUT2D eigenvalue weighted by atomic mass is 9.82. The summed E-state index contributed by atoms with van der Waals surface area (Å²) in [7, 11) is 1.64. The Kier molecular flexibility index (Phi) is 3.51. The van der Waals surface area contributed by atoms with E-state index in [9.17, 15) is 4.79 Å².